The summed E-state index contributed by atoms with van der Waals surface area (Å²) >= 11 is 0. The number of ether oxygens (including phenoxy) is 2. The Kier molecular flexibility index (Phi) is 6.81. The zero-order valence-corrected chi connectivity index (χ0v) is 27.7. The van der Waals surface area contributed by atoms with Gasteiger partial charge in [0.05, 0.1) is 11.0 Å². The van der Waals surface area contributed by atoms with E-state index in [-0.39, 0.29) is 0 Å². The van der Waals surface area contributed by atoms with E-state index < -0.39 is 0 Å². The number of nitrogens with zero attached hydrogens (tertiary/aromatic N) is 1. The second kappa shape index (κ2) is 11.9. The Morgan fingerprint density at radius 2 is 0.902 bits per heavy atom. The maximum Gasteiger partial charge on any atom is 0.143 e. The summed E-state index contributed by atoms with van der Waals surface area (Å²) in [5.74, 6) is 3.10. The molecule has 10 rings (SSSR count). The van der Waals surface area contributed by atoms with E-state index in [1.807, 2.05) is 30.3 Å². The number of benzene rings is 8. The molecule has 1 aromatic heterocycles. The third kappa shape index (κ3) is 4.90. The normalized spacial score (nSPS) is 11.8. The van der Waals surface area contributed by atoms with Crippen molar-refractivity contribution in [2.45, 2.75) is 0 Å². The van der Waals surface area contributed by atoms with Gasteiger partial charge in [-0.3, -0.25) is 0 Å². The van der Waals surface area contributed by atoms with Gasteiger partial charge in [0.15, 0.2) is 0 Å². The van der Waals surface area contributed by atoms with Crippen LogP contribution in [-0.2, 0) is 0 Å². The molecule has 0 amide bonds. The van der Waals surface area contributed by atoms with Crippen LogP contribution in [0.5, 0.6) is 23.0 Å². The zero-order valence-electron chi connectivity index (χ0n) is 27.7. The van der Waals surface area contributed by atoms with Crippen molar-refractivity contribution in [2.75, 3.05) is 0 Å². The zero-order chi connectivity index (χ0) is 33.7. The molecule has 0 N–H and O–H groups in total. The van der Waals surface area contributed by atoms with Crippen LogP contribution in [-0.4, -0.2) is 4.57 Å². The summed E-state index contributed by atoms with van der Waals surface area (Å²) in [4.78, 5) is 0. The van der Waals surface area contributed by atoms with Crippen molar-refractivity contribution >= 4 is 21.8 Å². The lowest BCUT2D eigenvalue weighted by atomic mass is 9.94. The highest BCUT2D eigenvalue weighted by atomic mass is 16.5. The van der Waals surface area contributed by atoms with Gasteiger partial charge in [0.2, 0.25) is 0 Å². The van der Waals surface area contributed by atoms with Gasteiger partial charge in [-0.2, -0.15) is 0 Å². The van der Waals surface area contributed by atoms with E-state index in [0.717, 1.165) is 78.7 Å². The second-order valence-electron chi connectivity index (χ2n) is 12.9. The molecule has 1 aliphatic heterocycles. The summed E-state index contributed by atoms with van der Waals surface area (Å²) in [5, 5.41) is 2.43. The Hall–Kier alpha value is -6.84. The molecule has 0 atom stereocenters. The van der Waals surface area contributed by atoms with E-state index >= 15 is 0 Å². The van der Waals surface area contributed by atoms with Crippen LogP contribution in [0.1, 0.15) is 0 Å². The van der Waals surface area contributed by atoms with Crippen LogP contribution in [0.3, 0.4) is 0 Å². The maximum atomic E-state index is 7.30. The van der Waals surface area contributed by atoms with E-state index in [1.165, 1.54) is 16.3 Å². The Morgan fingerprint density at radius 1 is 0.314 bits per heavy atom. The minimum atomic E-state index is 0.764. The van der Waals surface area contributed by atoms with Gasteiger partial charge in [-0.05, 0) is 65.2 Å². The molecule has 51 heavy (non-hydrogen) atoms. The lowest BCUT2D eigenvalue weighted by Gasteiger charge is -2.23. The summed E-state index contributed by atoms with van der Waals surface area (Å²) in [6, 6.07) is 65.8. The van der Waals surface area contributed by atoms with Crippen LogP contribution in [0.25, 0.3) is 72.0 Å². The van der Waals surface area contributed by atoms with E-state index in [9.17, 15) is 0 Å². The Bertz CT molecular complexity index is 2740. The van der Waals surface area contributed by atoms with Crippen LogP contribution in [0, 0.1) is 0 Å². The molecule has 0 saturated carbocycles. The van der Waals surface area contributed by atoms with Gasteiger partial charge in [-0.1, -0.05) is 140 Å². The number of hydrogen-bond donors (Lipinski definition) is 0. The SMILES string of the molecule is c1ccc(-c2ccc3c(c2)Oc2c(-c4ccc5c6ccccc6n(-c6ccccc6)c5c4)cccc2-c2ccccc2Oc2ccccc2-3)cc1. The monoisotopic (exact) mass is 653 g/mol. The third-order valence-corrected chi connectivity index (χ3v) is 9.89. The van der Waals surface area contributed by atoms with E-state index in [1.54, 1.807) is 0 Å². The van der Waals surface area contributed by atoms with E-state index in [4.69, 9.17) is 9.47 Å². The molecule has 0 unspecified atom stereocenters. The highest BCUT2D eigenvalue weighted by Gasteiger charge is 2.24. The first kappa shape index (κ1) is 29.1. The van der Waals surface area contributed by atoms with Crippen molar-refractivity contribution in [1.82, 2.24) is 4.57 Å². The predicted molar refractivity (Wildman–Crippen MR) is 209 cm³/mol. The molecule has 3 nitrogen and oxygen atoms in total. The lowest BCUT2D eigenvalue weighted by Crippen LogP contribution is -1.99. The van der Waals surface area contributed by atoms with Crippen molar-refractivity contribution in [2.24, 2.45) is 0 Å². The highest BCUT2D eigenvalue weighted by molar-refractivity contribution is 6.10. The van der Waals surface area contributed by atoms with Gasteiger partial charge in [-0.25, -0.2) is 0 Å². The third-order valence-electron chi connectivity index (χ3n) is 9.89. The molecule has 2 heterocycles. The molecule has 8 aromatic carbocycles. The van der Waals surface area contributed by atoms with Crippen LogP contribution in [0.4, 0.5) is 0 Å². The van der Waals surface area contributed by atoms with Crippen LogP contribution in [0.15, 0.2) is 188 Å². The molecule has 1 aliphatic rings. The van der Waals surface area contributed by atoms with Crippen molar-refractivity contribution in [1.29, 1.82) is 0 Å². The Balaban J connectivity index is 1.25. The fourth-order valence-corrected chi connectivity index (χ4v) is 7.50. The first-order valence-corrected chi connectivity index (χ1v) is 17.3. The summed E-state index contributed by atoms with van der Waals surface area (Å²) in [5.41, 5.74) is 11.6. The molecule has 0 fully saturated rings. The van der Waals surface area contributed by atoms with Crippen LogP contribution >= 0.6 is 0 Å². The number of hydrogen-bond acceptors (Lipinski definition) is 2. The Labute approximate surface area is 296 Å². The van der Waals surface area contributed by atoms with Gasteiger partial charge >= 0.3 is 0 Å². The van der Waals surface area contributed by atoms with Crippen LogP contribution < -0.4 is 9.47 Å². The number of aromatic nitrogens is 1. The summed E-state index contributed by atoms with van der Waals surface area (Å²) in [6.45, 7) is 0. The second-order valence-corrected chi connectivity index (χ2v) is 12.9. The van der Waals surface area contributed by atoms with Gasteiger partial charge in [0, 0.05) is 44.3 Å². The number of fused-ring (bicyclic) bond motifs is 9. The fraction of sp³-hybridized carbons (Fsp3) is 0. The number of rotatable bonds is 3. The molecule has 0 spiro atoms. The van der Waals surface area contributed by atoms with Gasteiger partial charge in [0.25, 0.3) is 0 Å². The van der Waals surface area contributed by atoms with Gasteiger partial charge in [-0.15, -0.1) is 0 Å². The molecular formula is C48H31NO2. The van der Waals surface area contributed by atoms with Crippen molar-refractivity contribution < 1.29 is 9.47 Å². The maximum absolute atomic E-state index is 7.30. The van der Waals surface area contributed by atoms with Gasteiger partial charge in [0.1, 0.15) is 23.0 Å². The van der Waals surface area contributed by atoms with Crippen molar-refractivity contribution in [3.8, 4) is 73.2 Å². The highest BCUT2D eigenvalue weighted by Crippen LogP contribution is 2.50. The largest absolute Gasteiger partial charge is 0.456 e. The predicted octanol–water partition coefficient (Wildman–Crippen LogP) is 13.3. The average Bonchev–Trinajstić information content (AvgIpc) is 3.53. The minimum absolute atomic E-state index is 0.764. The topological polar surface area (TPSA) is 23.4 Å². The van der Waals surface area contributed by atoms with Crippen LogP contribution in [0.2, 0.25) is 0 Å². The molecule has 240 valence electrons. The smallest absolute Gasteiger partial charge is 0.143 e. The molecule has 0 saturated heterocycles. The first-order valence-electron chi connectivity index (χ1n) is 17.3. The fourth-order valence-electron chi connectivity index (χ4n) is 7.50. The molecule has 9 aromatic rings. The molecule has 0 aliphatic carbocycles. The molecule has 0 bridgehead atoms. The molecule has 3 heteroatoms. The van der Waals surface area contributed by atoms with E-state index in [2.05, 4.69) is 162 Å². The minimum Gasteiger partial charge on any atom is -0.456 e. The summed E-state index contributed by atoms with van der Waals surface area (Å²) in [6.07, 6.45) is 0. The molecule has 0 radical (unpaired) electrons. The Morgan fingerprint density at radius 3 is 1.71 bits per heavy atom. The van der Waals surface area contributed by atoms with Crippen molar-refractivity contribution in [3.05, 3.63) is 188 Å². The van der Waals surface area contributed by atoms with Crippen molar-refractivity contribution in [3.63, 3.8) is 0 Å². The standard InChI is InChI=1S/C48H31NO2/c1-3-14-32(15-4-1)33-26-29-41-39-19-8-11-24-45(39)50-46-25-12-9-20-40(46)42-22-13-21-36(48(42)51-47(41)31-33)34-27-28-38-37-18-7-10-23-43(37)49(44(38)30-34)35-16-5-2-6-17-35/h1-31H. The molecular weight excluding hydrogens is 623 g/mol. The summed E-state index contributed by atoms with van der Waals surface area (Å²) in [7, 11) is 0. The average molecular weight is 654 g/mol. The lowest BCUT2D eigenvalue weighted by molar-refractivity contribution is 0.473. The quantitative estimate of drug-likeness (QED) is 0.189. The van der Waals surface area contributed by atoms with Gasteiger partial charge < -0.3 is 14.0 Å². The summed E-state index contributed by atoms with van der Waals surface area (Å²) < 4.78 is 16.5. The number of para-hydroxylation sites is 5. The van der Waals surface area contributed by atoms with E-state index in [0.29, 0.717) is 0 Å². The first-order chi connectivity index (χ1) is 25.3.